The Morgan fingerprint density at radius 2 is 1.84 bits per heavy atom. The summed E-state index contributed by atoms with van der Waals surface area (Å²) in [4.78, 5) is 30.5. The van der Waals surface area contributed by atoms with Crippen LogP contribution in [0, 0.1) is 24.0 Å². The Bertz CT molecular complexity index is 1560. The fraction of sp³-hybridized carbons (Fsp3) is 0.222. The zero-order valence-electron chi connectivity index (χ0n) is 20.8. The van der Waals surface area contributed by atoms with Crippen molar-refractivity contribution >= 4 is 51.4 Å². The van der Waals surface area contributed by atoms with Crippen LogP contribution in [0.3, 0.4) is 0 Å². The Hall–Kier alpha value is -4.35. The Kier molecular flexibility index (Phi) is 7.03. The van der Waals surface area contributed by atoms with Gasteiger partial charge in [0.05, 0.1) is 29.4 Å². The summed E-state index contributed by atoms with van der Waals surface area (Å²) in [6, 6.07) is 15.6. The number of thiocarbonyl (C=S) groups is 1. The van der Waals surface area contributed by atoms with Crippen molar-refractivity contribution in [3.05, 3.63) is 81.4 Å². The van der Waals surface area contributed by atoms with Crippen LogP contribution in [-0.4, -0.2) is 47.2 Å². The first kappa shape index (κ1) is 25.3. The highest BCUT2D eigenvalue weighted by molar-refractivity contribution is 7.80. The molecule has 0 atom stereocenters. The minimum atomic E-state index is -0.549. The number of carbonyl (C=O) groups excluding carboxylic acids is 1. The number of rotatable bonds is 5. The summed E-state index contributed by atoms with van der Waals surface area (Å²) in [7, 11) is 0. The minimum absolute atomic E-state index is 0.0478. The molecule has 1 fully saturated rings. The van der Waals surface area contributed by atoms with Crippen LogP contribution >= 0.6 is 12.2 Å². The molecule has 5 rings (SSSR count). The van der Waals surface area contributed by atoms with Gasteiger partial charge in [0.15, 0.2) is 10.7 Å². The number of nitrogens with zero attached hydrogens (tertiary/aromatic N) is 3. The number of hydrogen-bond donors (Lipinski definition) is 2. The maximum Gasteiger partial charge on any atom is 0.270 e. The van der Waals surface area contributed by atoms with Crippen LogP contribution in [0.4, 0.5) is 17.1 Å². The Labute approximate surface area is 223 Å². The number of anilines is 2. The van der Waals surface area contributed by atoms with Crippen LogP contribution in [0.15, 0.2) is 59.0 Å². The molecule has 1 aliphatic rings. The van der Waals surface area contributed by atoms with Crippen molar-refractivity contribution in [2.45, 2.75) is 13.8 Å². The monoisotopic (exact) mass is 531 g/mol. The lowest BCUT2D eigenvalue weighted by atomic mass is 10.1. The molecule has 0 bridgehead atoms. The number of benzene rings is 3. The lowest BCUT2D eigenvalue weighted by Crippen LogP contribution is -2.39. The lowest BCUT2D eigenvalue weighted by Gasteiger charge is -2.30. The molecule has 10 nitrogen and oxygen atoms in total. The van der Waals surface area contributed by atoms with Gasteiger partial charge < -0.3 is 19.4 Å². The van der Waals surface area contributed by atoms with Gasteiger partial charge in [-0.25, -0.2) is 4.98 Å². The van der Waals surface area contributed by atoms with E-state index in [0.29, 0.717) is 54.7 Å². The number of amides is 1. The number of aryl methyl sites for hydroxylation is 2. The first-order valence-electron chi connectivity index (χ1n) is 12.0. The first-order valence-corrected chi connectivity index (χ1v) is 12.4. The maximum atomic E-state index is 13.2. The molecule has 11 heteroatoms. The van der Waals surface area contributed by atoms with E-state index in [1.54, 1.807) is 24.3 Å². The van der Waals surface area contributed by atoms with Crippen molar-refractivity contribution in [3.63, 3.8) is 0 Å². The van der Waals surface area contributed by atoms with Crippen LogP contribution in [0.1, 0.15) is 21.5 Å². The molecule has 0 aliphatic carbocycles. The van der Waals surface area contributed by atoms with Crippen molar-refractivity contribution in [1.82, 2.24) is 10.3 Å². The second-order valence-corrected chi connectivity index (χ2v) is 9.38. The van der Waals surface area contributed by atoms with Gasteiger partial charge in [0, 0.05) is 36.5 Å². The third-order valence-electron chi connectivity index (χ3n) is 6.41. The lowest BCUT2D eigenvalue weighted by molar-refractivity contribution is -0.384. The van der Waals surface area contributed by atoms with E-state index in [2.05, 4.69) is 15.6 Å². The third kappa shape index (κ3) is 5.34. The summed E-state index contributed by atoms with van der Waals surface area (Å²) in [5.74, 6) is -0.0373. The standard InChI is InChI=1S/C27H25N5O5S/c1-16-3-4-18(13-17(16)2)26-29-22-14-19(5-8-24(22)37-26)28-27(38)30-25(33)21-15-20(32(34)35)6-7-23(21)31-9-11-36-12-10-31/h3-8,13-15H,9-12H2,1-2H3,(H2,28,30,33,38). The van der Waals surface area contributed by atoms with Gasteiger partial charge in [0.25, 0.3) is 11.6 Å². The number of aromatic nitrogens is 1. The van der Waals surface area contributed by atoms with Gasteiger partial charge in [0.1, 0.15) is 5.52 Å². The van der Waals surface area contributed by atoms with Gasteiger partial charge in [-0.05, 0) is 73.6 Å². The SMILES string of the molecule is Cc1ccc(-c2nc3cc(NC(=S)NC(=O)c4cc([N+](=O)[O-])ccc4N4CCOCC4)ccc3o2)cc1C. The smallest absolute Gasteiger partial charge is 0.270 e. The van der Waals surface area contributed by atoms with E-state index in [0.717, 1.165) is 11.1 Å². The normalized spacial score (nSPS) is 13.4. The second kappa shape index (κ2) is 10.6. The van der Waals surface area contributed by atoms with E-state index in [-0.39, 0.29) is 16.4 Å². The average molecular weight is 532 g/mol. The van der Waals surface area contributed by atoms with Crippen molar-refractivity contribution in [3.8, 4) is 11.5 Å². The number of nitro groups is 1. The van der Waals surface area contributed by atoms with E-state index < -0.39 is 10.8 Å². The fourth-order valence-corrected chi connectivity index (χ4v) is 4.45. The molecule has 2 heterocycles. The Morgan fingerprint density at radius 1 is 1.05 bits per heavy atom. The highest BCUT2D eigenvalue weighted by atomic mass is 32.1. The van der Waals surface area contributed by atoms with Crippen LogP contribution < -0.4 is 15.5 Å². The summed E-state index contributed by atoms with van der Waals surface area (Å²) in [6.45, 7) is 6.25. The van der Waals surface area contributed by atoms with E-state index in [1.165, 1.54) is 17.7 Å². The molecule has 2 N–H and O–H groups in total. The number of oxazole rings is 1. The molecule has 194 valence electrons. The van der Waals surface area contributed by atoms with E-state index in [9.17, 15) is 14.9 Å². The molecule has 1 aliphatic heterocycles. The number of non-ortho nitro benzene ring substituents is 1. The average Bonchev–Trinajstić information content (AvgIpc) is 3.33. The van der Waals surface area contributed by atoms with Crippen molar-refractivity contribution < 1.29 is 18.9 Å². The number of hydrogen-bond acceptors (Lipinski definition) is 8. The van der Waals surface area contributed by atoms with Gasteiger partial charge >= 0.3 is 0 Å². The second-order valence-electron chi connectivity index (χ2n) is 8.97. The molecule has 1 amide bonds. The quantitative estimate of drug-likeness (QED) is 0.208. The summed E-state index contributed by atoms with van der Waals surface area (Å²) in [6.07, 6.45) is 0. The van der Waals surface area contributed by atoms with E-state index >= 15 is 0 Å². The number of carbonyl (C=O) groups is 1. The summed E-state index contributed by atoms with van der Waals surface area (Å²) in [5, 5.41) is 17.0. The topological polar surface area (TPSA) is 123 Å². The van der Waals surface area contributed by atoms with Crippen LogP contribution in [0.2, 0.25) is 0 Å². The molecule has 1 aromatic heterocycles. The zero-order valence-corrected chi connectivity index (χ0v) is 21.6. The fourth-order valence-electron chi connectivity index (χ4n) is 4.24. The van der Waals surface area contributed by atoms with Gasteiger partial charge in [-0.2, -0.15) is 0 Å². The molecule has 0 saturated carbocycles. The molecular formula is C27H25N5O5S. The van der Waals surface area contributed by atoms with Gasteiger partial charge in [0.2, 0.25) is 5.89 Å². The van der Waals surface area contributed by atoms with Crippen molar-refractivity contribution in [2.75, 3.05) is 36.5 Å². The van der Waals surface area contributed by atoms with Crippen LogP contribution in [0.5, 0.6) is 0 Å². The van der Waals surface area contributed by atoms with E-state index in [4.69, 9.17) is 21.4 Å². The highest BCUT2D eigenvalue weighted by Gasteiger charge is 2.23. The highest BCUT2D eigenvalue weighted by Crippen LogP contribution is 2.28. The third-order valence-corrected chi connectivity index (χ3v) is 6.62. The summed E-state index contributed by atoms with van der Waals surface area (Å²) < 4.78 is 11.3. The predicted octanol–water partition coefficient (Wildman–Crippen LogP) is 4.98. The molecule has 0 radical (unpaired) electrons. The molecule has 0 spiro atoms. The maximum absolute atomic E-state index is 13.2. The summed E-state index contributed by atoms with van der Waals surface area (Å²) >= 11 is 5.37. The zero-order chi connectivity index (χ0) is 26.8. The molecule has 3 aromatic carbocycles. The number of nitro benzene ring substituents is 1. The molecule has 4 aromatic rings. The molecule has 0 unspecified atom stereocenters. The number of fused-ring (bicyclic) bond motifs is 1. The Morgan fingerprint density at radius 3 is 2.58 bits per heavy atom. The number of ether oxygens (including phenoxy) is 1. The van der Waals surface area contributed by atoms with Gasteiger partial charge in [-0.3, -0.25) is 20.2 Å². The van der Waals surface area contributed by atoms with Gasteiger partial charge in [-0.1, -0.05) is 6.07 Å². The molecule has 38 heavy (non-hydrogen) atoms. The first-order chi connectivity index (χ1) is 18.3. The summed E-state index contributed by atoms with van der Waals surface area (Å²) in [5.41, 5.74) is 5.64. The van der Waals surface area contributed by atoms with Gasteiger partial charge in [-0.15, -0.1) is 0 Å². The largest absolute Gasteiger partial charge is 0.436 e. The predicted molar refractivity (Wildman–Crippen MR) is 149 cm³/mol. The Balaban J connectivity index is 1.33. The number of morpholine rings is 1. The number of nitrogens with one attached hydrogen (secondary N) is 2. The molecular weight excluding hydrogens is 506 g/mol. The van der Waals surface area contributed by atoms with Crippen molar-refractivity contribution in [1.29, 1.82) is 0 Å². The van der Waals surface area contributed by atoms with Crippen LogP contribution in [0.25, 0.3) is 22.6 Å². The van der Waals surface area contributed by atoms with E-state index in [1.807, 2.05) is 36.9 Å². The minimum Gasteiger partial charge on any atom is -0.436 e. The van der Waals surface area contributed by atoms with Crippen LogP contribution in [-0.2, 0) is 4.74 Å². The molecule has 1 saturated heterocycles. The van der Waals surface area contributed by atoms with Crippen molar-refractivity contribution in [2.24, 2.45) is 0 Å².